The molecular weight excluding hydrogens is 440 g/mol. The van der Waals surface area contributed by atoms with Gasteiger partial charge >= 0.3 is 5.97 Å². The summed E-state index contributed by atoms with van der Waals surface area (Å²) in [7, 11) is 4.56. The van der Waals surface area contributed by atoms with E-state index in [1.54, 1.807) is 56.3 Å². The summed E-state index contributed by atoms with van der Waals surface area (Å²) in [4.78, 5) is 41.7. The number of amides is 2. The van der Waals surface area contributed by atoms with Crippen LogP contribution in [0.4, 0.5) is 5.69 Å². The van der Waals surface area contributed by atoms with Gasteiger partial charge in [0, 0.05) is 12.1 Å². The van der Waals surface area contributed by atoms with Crippen molar-refractivity contribution in [3.05, 3.63) is 48.0 Å². The number of rotatable bonds is 7. The summed E-state index contributed by atoms with van der Waals surface area (Å²) >= 11 is 0. The third kappa shape index (κ3) is 3.56. The molecule has 2 heterocycles. The Morgan fingerprint density at radius 1 is 1.00 bits per heavy atom. The molecule has 1 N–H and O–H groups in total. The number of anilines is 1. The van der Waals surface area contributed by atoms with Gasteiger partial charge in [-0.05, 0) is 43.7 Å². The van der Waals surface area contributed by atoms with Crippen LogP contribution in [0.2, 0.25) is 0 Å². The molecule has 0 saturated carbocycles. The number of carbonyl (C=O) groups excluding carboxylic acids is 3. The van der Waals surface area contributed by atoms with Gasteiger partial charge in [0.1, 0.15) is 11.3 Å². The molecular formula is C25H28N2O7. The molecule has 0 aliphatic carbocycles. The molecule has 2 aliphatic heterocycles. The lowest BCUT2D eigenvalue weighted by Crippen LogP contribution is -2.54. The van der Waals surface area contributed by atoms with Crippen molar-refractivity contribution in [2.45, 2.75) is 25.4 Å². The Morgan fingerprint density at radius 2 is 1.74 bits per heavy atom. The van der Waals surface area contributed by atoms with Crippen LogP contribution in [-0.4, -0.2) is 51.3 Å². The van der Waals surface area contributed by atoms with E-state index < -0.39 is 41.2 Å². The third-order valence-electron chi connectivity index (χ3n) is 6.57. The fraction of sp³-hybridized carbons (Fsp3) is 0.400. The van der Waals surface area contributed by atoms with Gasteiger partial charge in [-0.25, -0.2) is 4.90 Å². The molecule has 9 nitrogen and oxygen atoms in total. The van der Waals surface area contributed by atoms with E-state index in [0.29, 0.717) is 28.5 Å². The molecule has 2 aliphatic rings. The van der Waals surface area contributed by atoms with Crippen molar-refractivity contribution in [1.82, 2.24) is 5.32 Å². The van der Waals surface area contributed by atoms with Crippen LogP contribution >= 0.6 is 0 Å². The lowest BCUT2D eigenvalue weighted by molar-refractivity contribution is -0.153. The first-order valence-corrected chi connectivity index (χ1v) is 11.0. The molecule has 2 saturated heterocycles. The zero-order valence-corrected chi connectivity index (χ0v) is 19.8. The normalized spacial score (nSPS) is 25.8. The maximum atomic E-state index is 13.7. The van der Waals surface area contributed by atoms with Crippen molar-refractivity contribution < 1.29 is 33.3 Å². The van der Waals surface area contributed by atoms with E-state index >= 15 is 0 Å². The zero-order valence-electron chi connectivity index (χ0n) is 19.8. The van der Waals surface area contributed by atoms with Crippen molar-refractivity contribution in [1.29, 1.82) is 0 Å². The predicted molar refractivity (Wildman–Crippen MR) is 123 cm³/mol. The number of hydrogen-bond acceptors (Lipinski definition) is 8. The average Bonchev–Trinajstić information content (AvgIpc) is 3.31. The molecule has 0 spiro atoms. The number of benzene rings is 2. The minimum atomic E-state index is -1.40. The van der Waals surface area contributed by atoms with Crippen molar-refractivity contribution in [3.63, 3.8) is 0 Å². The standard InChI is InChI=1S/C25H28N2O7/c1-6-34-24(30)25(2)20-19(21(26-25)14-10-11-17(32-4)18(12-14)33-5)22(28)27(23(20)29)15-8-7-9-16(13-15)31-3/h7-13,19-21,26H,6H2,1-5H3/t19-,20-,21-,25-/m0/s1. The number of methoxy groups -OCH3 is 3. The lowest BCUT2D eigenvalue weighted by Gasteiger charge is -2.29. The minimum absolute atomic E-state index is 0.149. The first kappa shape index (κ1) is 23.6. The summed E-state index contributed by atoms with van der Waals surface area (Å²) in [5.41, 5.74) is -0.325. The minimum Gasteiger partial charge on any atom is -0.497 e. The Labute approximate surface area is 197 Å². The van der Waals surface area contributed by atoms with Crippen molar-refractivity contribution in [2.75, 3.05) is 32.8 Å². The molecule has 4 atom stereocenters. The summed E-state index contributed by atoms with van der Waals surface area (Å²) in [5.74, 6) is -1.71. The van der Waals surface area contributed by atoms with Gasteiger partial charge in [-0.15, -0.1) is 0 Å². The number of nitrogens with one attached hydrogen (secondary N) is 1. The number of esters is 1. The van der Waals surface area contributed by atoms with Gasteiger partial charge in [0.05, 0.1) is 45.5 Å². The second kappa shape index (κ2) is 8.98. The highest BCUT2D eigenvalue weighted by Crippen LogP contribution is 2.50. The van der Waals surface area contributed by atoms with Crippen LogP contribution in [0.15, 0.2) is 42.5 Å². The van der Waals surface area contributed by atoms with Crippen LogP contribution in [0, 0.1) is 11.8 Å². The Morgan fingerprint density at radius 3 is 2.38 bits per heavy atom. The summed E-state index contributed by atoms with van der Waals surface area (Å²) in [6.07, 6.45) is 0. The summed E-state index contributed by atoms with van der Waals surface area (Å²) in [6.45, 7) is 3.46. The van der Waals surface area contributed by atoms with Crippen molar-refractivity contribution >= 4 is 23.5 Å². The van der Waals surface area contributed by atoms with Gasteiger partial charge < -0.3 is 18.9 Å². The van der Waals surface area contributed by atoms with Gasteiger partial charge in [0.15, 0.2) is 11.5 Å². The SMILES string of the molecule is CCOC(=O)[C@@]1(C)N[C@@H](c2ccc(OC)c(OC)c2)[C@H]2C(=O)N(c3cccc(OC)c3)C(=O)[C@H]21. The Balaban J connectivity index is 1.82. The van der Waals surface area contributed by atoms with E-state index in [2.05, 4.69) is 5.32 Å². The second-order valence-electron chi connectivity index (χ2n) is 8.38. The van der Waals surface area contributed by atoms with Crippen LogP contribution in [-0.2, 0) is 19.1 Å². The summed E-state index contributed by atoms with van der Waals surface area (Å²) in [6, 6.07) is 11.4. The third-order valence-corrected chi connectivity index (χ3v) is 6.57. The molecule has 34 heavy (non-hydrogen) atoms. The van der Waals surface area contributed by atoms with Gasteiger partial charge in [-0.1, -0.05) is 12.1 Å². The molecule has 2 fully saturated rings. The molecule has 9 heteroatoms. The highest BCUT2D eigenvalue weighted by molar-refractivity contribution is 6.24. The maximum absolute atomic E-state index is 13.7. The van der Waals surface area contributed by atoms with Crippen LogP contribution in [0.25, 0.3) is 0 Å². The summed E-state index contributed by atoms with van der Waals surface area (Å²) < 4.78 is 21.3. The van der Waals surface area contributed by atoms with Gasteiger partial charge in [0.25, 0.3) is 0 Å². The van der Waals surface area contributed by atoms with E-state index in [1.165, 1.54) is 21.3 Å². The average molecular weight is 469 g/mol. The maximum Gasteiger partial charge on any atom is 0.326 e. The van der Waals surface area contributed by atoms with Crippen LogP contribution in [0.3, 0.4) is 0 Å². The number of carbonyl (C=O) groups is 3. The van der Waals surface area contributed by atoms with E-state index in [0.717, 1.165) is 4.90 Å². The molecule has 0 radical (unpaired) electrons. The van der Waals surface area contributed by atoms with Gasteiger partial charge in [0.2, 0.25) is 11.8 Å². The summed E-state index contributed by atoms with van der Waals surface area (Å²) in [5, 5.41) is 3.25. The number of fused-ring (bicyclic) bond motifs is 1. The first-order valence-electron chi connectivity index (χ1n) is 11.0. The van der Waals surface area contributed by atoms with Crippen molar-refractivity contribution in [2.24, 2.45) is 11.8 Å². The Kier molecular flexibility index (Phi) is 6.22. The quantitative estimate of drug-likeness (QED) is 0.488. The van der Waals surface area contributed by atoms with Crippen LogP contribution in [0.1, 0.15) is 25.5 Å². The fourth-order valence-electron chi connectivity index (χ4n) is 4.94. The number of imide groups is 1. The highest BCUT2D eigenvalue weighted by Gasteiger charge is 2.67. The molecule has 2 aromatic rings. The fourth-order valence-corrected chi connectivity index (χ4v) is 4.94. The second-order valence-corrected chi connectivity index (χ2v) is 8.38. The predicted octanol–water partition coefficient (Wildman–Crippen LogP) is 2.48. The monoisotopic (exact) mass is 468 g/mol. The Bertz CT molecular complexity index is 1130. The first-order chi connectivity index (χ1) is 16.3. The van der Waals surface area contributed by atoms with Crippen LogP contribution in [0.5, 0.6) is 17.2 Å². The number of hydrogen-bond donors (Lipinski definition) is 1. The molecule has 2 aromatic carbocycles. The molecule has 4 rings (SSSR count). The molecule has 0 unspecified atom stereocenters. The smallest absolute Gasteiger partial charge is 0.326 e. The molecule has 0 aromatic heterocycles. The van der Waals surface area contributed by atoms with E-state index in [9.17, 15) is 14.4 Å². The Hall–Kier alpha value is -3.59. The van der Waals surface area contributed by atoms with E-state index in [4.69, 9.17) is 18.9 Å². The van der Waals surface area contributed by atoms with Gasteiger partial charge in [-0.2, -0.15) is 0 Å². The zero-order chi connectivity index (χ0) is 24.6. The highest BCUT2D eigenvalue weighted by atomic mass is 16.5. The lowest BCUT2D eigenvalue weighted by atomic mass is 9.80. The van der Waals surface area contributed by atoms with Crippen molar-refractivity contribution in [3.8, 4) is 17.2 Å². The molecule has 0 bridgehead atoms. The van der Waals surface area contributed by atoms with Gasteiger partial charge in [-0.3, -0.25) is 19.7 Å². The molecule has 180 valence electrons. The van der Waals surface area contributed by atoms with E-state index in [1.807, 2.05) is 0 Å². The topological polar surface area (TPSA) is 103 Å². The number of ether oxygens (including phenoxy) is 4. The largest absolute Gasteiger partial charge is 0.497 e. The number of nitrogens with zero attached hydrogens (tertiary/aromatic N) is 1. The van der Waals surface area contributed by atoms with Crippen LogP contribution < -0.4 is 24.4 Å². The molecule has 2 amide bonds. The van der Waals surface area contributed by atoms with E-state index in [-0.39, 0.29) is 6.61 Å².